The number of carboxylic acids is 1. The lowest BCUT2D eigenvalue weighted by Crippen LogP contribution is -2.15. The van der Waals surface area contributed by atoms with E-state index in [4.69, 9.17) is 15.6 Å². The van der Waals surface area contributed by atoms with Gasteiger partial charge in [0.15, 0.2) is 0 Å². The van der Waals surface area contributed by atoms with E-state index >= 15 is 0 Å². The van der Waals surface area contributed by atoms with Crippen molar-refractivity contribution in [1.82, 2.24) is 0 Å². The maximum Gasteiger partial charge on any atom is 0.341 e. The van der Waals surface area contributed by atoms with Crippen LogP contribution in [-0.2, 0) is 14.3 Å². The third-order valence-electron chi connectivity index (χ3n) is 2.67. The number of nitrogens with two attached hydrogens (primary N) is 1. The minimum absolute atomic E-state index is 0.0596. The van der Waals surface area contributed by atoms with Gasteiger partial charge in [0.2, 0.25) is 5.91 Å². The smallest absolute Gasteiger partial charge is 0.341 e. The van der Waals surface area contributed by atoms with E-state index < -0.39 is 23.8 Å². The van der Waals surface area contributed by atoms with Gasteiger partial charge in [-0.3, -0.25) is 14.4 Å². The molecule has 2 amide bonds. The van der Waals surface area contributed by atoms with E-state index in [1.54, 1.807) is 6.92 Å². The summed E-state index contributed by atoms with van der Waals surface area (Å²) >= 11 is 0.856. The first-order valence-electron chi connectivity index (χ1n) is 6.39. The second-order valence-electron chi connectivity index (χ2n) is 4.29. The Balaban J connectivity index is 3.08. The molecule has 0 radical (unpaired) electrons. The summed E-state index contributed by atoms with van der Waals surface area (Å²) in [4.78, 5) is 45.6. The van der Waals surface area contributed by atoms with Crippen molar-refractivity contribution in [2.75, 3.05) is 11.9 Å². The van der Waals surface area contributed by atoms with Crippen LogP contribution >= 0.6 is 11.3 Å². The van der Waals surface area contributed by atoms with Gasteiger partial charge in [0.25, 0.3) is 5.91 Å². The normalized spacial score (nSPS) is 10.1. The van der Waals surface area contributed by atoms with E-state index in [0.29, 0.717) is 5.56 Å². The van der Waals surface area contributed by atoms with E-state index in [1.807, 2.05) is 0 Å². The number of esters is 1. The molecule has 1 rings (SSSR count). The maximum atomic E-state index is 12.0. The molecular formula is C13H16N2O6S. The number of ether oxygens (including phenoxy) is 1. The van der Waals surface area contributed by atoms with Crippen LogP contribution in [0.4, 0.5) is 5.00 Å². The minimum Gasteiger partial charge on any atom is -0.481 e. The Kier molecular flexibility index (Phi) is 6.05. The van der Waals surface area contributed by atoms with Crippen LogP contribution in [0.15, 0.2) is 0 Å². The zero-order chi connectivity index (χ0) is 16.9. The maximum absolute atomic E-state index is 12.0. The first kappa shape index (κ1) is 17.6. The highest BCUT2D eigenvalue weighted by atomic mass is 32.1. The molecule has 8 nitrogen and oxygen atoms in total. The standard InChI is InChI=1S/C13H16N2O6S/c1-3-21-13(20)9-6(2)10(11(14)19)22-12(9)15-7(16)4-5-8(17)18/h3-5H2,1-2H3,(H2,14,19)(H,15,16)(H,17,18). The number of aliphatic carboxylic acids is 1. The van der Waals surface area contributed by atoms with Gasteiger partial charge >= 0.3 is 11.9 Å². The van der Waals surface area contributed by atoms with Crippen molar-refractivity contribution >= 4 is 40.1 Å². The number of hydrogen-bond donors (Lipinski definition) is 3. The molecular weight excluding hydrogens is 312 g/mol. The summed E-state index contributed by atoms with van der Waals surface area (Å²) in [5.74, 6) is -3.09. The fourth-order valence-corrected chi connectivity index (χ4v) is 2.76. The summed E-state index contributed by atoms with van der Waals surface area (Å²) in [5.41, 5.74) is 5.61. The molecule has 0 atom stereocenters. The first-order valence-corrected chi connectivity index (χ1v) is 7.21. The summed E-state index contributed by atoms with van der Waals surface area (Å²) in [6.07, 6.45) is -0.589. The highest BCUT2D eigenvalue weighted by Crippen LogP contribution is 2.33. The van der Waals surface area contributed by atoms with Crippen LogP contribution < -0.4 is 11.1 Å². The Morgan fingerprint density at radius 2 is 1.91 bits per heavy atom. The molecule has 0 aliphatic carbocycles. The summed E-state index contributed by atoms with van der Waals surface area (Å²) < 4.78 is 4.89. The molecule has 0 aromatic carbocycles. The Morgan fingerprint density at radius 3 is 2.41 bits per heavy atom. The van der Waals surface area contributed by atoms with Gasteiger partial charge in [-0.05, 0) is 19.4 Å². The molecule has 1 heterocycles. The summed E-state index contributed by atoms with van der Waals surface area (Å²) in [6, 6.07) is 0. The average Bonchev–Trinajstić information content (AvgIpc) is 2.73. The molecule has 9 heteroatoms. The number of carboxylic acid groups (broad SMARTS) is 1. The average molecular weight is 328 g/mol. The number of amides is 2. The van der Waals surface area contributed by atoms with Crippen LogP contribution in [0.25, 0.3) is 0 Å². The van der Waals surface area contributed by atoms with Crippen LogP contribution in [0.2, 0.25) is 0 Å². The second-order valence-corrected chi connectivity index (χ2v) is 5.31. The Hall–Kier alpha value is -2.42. The molecule has 0 saturated carbocycles. The van der Waals surface area contributed by atoms with Crippen molar-refractivity contribution in [2.24, 2.45) is 5.73 Å². The molecule has 0 bridgehead atoms. The second kappa shape index (κ2) is 7.55. The molecule has 4 N–H and O–H groups in total. The largest absolute Gasteiger partial charge is 0.481 e. The Labute approximate surface area is 130 Å². The van der Waals surface area contributed by atoms with E-state index in [9.17, 15) is 19.2 Å². The molecule has 0 spiro atoms. The number of carbonyl (C=O) groups is 4. The molecule has 0 aliphatic heterocycles. The van der Waals surface area contributed by atoms with Crippen molar-refractivity contribution in [3.63, 3.8) is 0 Å². The lowest BCUT2D eigenvalue weighted by molar-refractivity contribution is -0.138. The third-order valence-corrected chi connectivity index (χ3v) is 3.89. The van der Waals surface area contributed by atoms with Gasteiger partial charge < -0.3 is 20.9 Å². The summed E-state index contributed by atoms with van der Waals surface area (Å²) in [7, 11) is 0. The number of hydrogen-bond acceptors (Lipinski definition) is 6. The zero-order valence-corrected chi connectivity index (χ0v) is 12.9. The van der Waals surface area contributed by atoms with E-state index in [-0.39, 0.29) is 34.9 Å². The molecule has 0 fully saturated rings. The molecule has 0 unspecified atom stereocenters. The Bertz CT molecular complexity index is 622. The highest BCUT2D eigenvalue weighted by molar-refractivity contribution is 7.18. The minimum atomic E-state index is -1.11. The quantitative estimate of drug-likeness (QED) is 0.642. The van der Waals surface area contributed by atoms with Crippen LogP contribution in [0.5, 0.6) is 0 Å². The third kappa shape index (κ3) is 4.29. The van der Waals surface area contributed by atoms with Gasteiger partial charge in [0, 0.05) is 6.42 Å². The first-order chi connectivity index (χ1) is 10.3. The highest BCUT2D eigenvalue weighted by Gasteiger charge is 2.25. The molecule has 1 aromatic rings. The predicted octanol–water partition coefficient (Wildman–Crippen LogP) is 1.14. The number of thiophene rings is 1. The number of rotatable bonds is 7. The molecule has 0 saturated heterocycles. The fraction of sp³-hybridized carbons (Fsp3) is 0.385. The molecule has 0 aliphatic rings. The van der Waals surface area contributed by atoms with E-state index in [0.717, 1.165) is 11.3 Å². The van der Waals surface area contributed by atoms with Crippen molar-refractivity contribution in [3.05, 3.63) is 16.0 Å². The van der Waals surface area contributed by atoms with Crippen molar-refractivity contribution in [2.45, 2.75) is 26.7 Å². The van der Waals surface area contributed by atoms with Crippen molar-refractivity contribution in [3.8, 4) is 0 Å². The summed E-state index contributed by atoms with van der Waals surface area (Å²) in [6.45, 7) is 3.28. The van der Waals surface area contributed by atoms with Gasteiger partial charge in [-0.15, -0.1) is 11.3 Å². The lowest BCUT2D eigenvalue weighted by atomic mass is 10.1. The molecule has 22 heavy (non-hydrogen) atoms. The number of nitrogens with one attached hydrogen (secondary N) is 1. The van der Waals surface area contributed by atoms with Crippen LogP contribution in [0.1, 0.15) is 45.4 Å². The predicted molar refractivity (Wildman–Crippen MR) is 79.0 cm³/mol. The fourth-order valence-electron chi connectivity index (χ4n) is 1.70. The van der Waals surface area contributed by atoms with Crippen molar-refractivity contribution < 1.29 is 29.0 Å². The molecule has 120 valence electrons. The Morgan fingerprint density at radius 1 is 1.27 bits per heavy atom. The topological polar surface area (TPSA) is 136 Å². The number of carbonyl (C=O) groups excluding carboxylic acids is 3. The van der Waals surface area contributed by atoms with Gasteiger partial charge in [-0.25, -0.2) is 4.79 Å². The van der Waals surface area contributed by atoms with E-state index in [2.05, 4.69) is 5.32 Å². The van der Waals surface area contributed by atoms with Gasteiger partial charge in [-0.1, -0.05) is 0 Å². The van der Waals surface area contributed by atoms with Gasteiger partial charge in [-0.2, -0.15) is 0 Å². The number of primary amides is 1. The molecule has 1 aromatic heterocycles. The SMILES string of the molecule is CCOC(=O)c1c(NC(=O)CCC(=O)O)sc(C(N)=O)c1C. The zero-order valence-electron chi connectivity index (χ0n) is 12.1. The monoisotopic (exact) mass is 328 g/mol. The van der Waals surface area contributed by atoms with Gasteiger partial charge in [0.05, 0.1) is 23.5 Å². The van der Waals surface area contributed by atoms with E-state index in [1.165, 1.54) is 6.92 Å². The number of anilines is 1. The van der Waals surface area contributed by atoms with Crippen LogP contribution in [0, 0.1) is 6.92 Å². The van der Waals surface area contributed by atoms with Crippen LogP contribution in [0.3, 0.4) is 0 Å². The van der Waals surface area contributed by atoms with Crippen molar-refractivity contribution in [1.29, 1.82) is 0 Å². The summed E-state index contributed by atoms with van der Waals surface area (Å²) in [5, 5.41) is 11.1. The lowest BCUT2D eigenvalue weighted by Gasteiger charge is -2.06. The van der Waals surface area contributed by atoms with Crippen LogP contribution in [-0.4, -0.2) is 35.5 Å². The van der Waals surface area contributed by atoms with Gasteiger partial charge in [0.1, 0.15) is 5.00 Å².